The minimum atomic E-state index is -0.765. The topological polar surface area (TPSA) is 236 Å². The highest BCUT2D eigenvalue weighted by Gasteiger charge is 2.22. The van der Waals surface area contributed by atoms with Crippen LogP contribution in [0.1, 0.15) is 53.0 Å². The second-order valence-electron chi connectivity index (χ2n) is 11.1. The van der Waals surface area contributed by atoms with Crippen LogP contribution in [0.5, 0.6) is 11.5 Å². The summed E-state index contributed by atoms with van der Waals surface area (Å²) in [5.41, 5.74) is 13.9. The van der Waals surface area contributed by atoms with Crippen molar-refractivity contribution in [2.45, 2.75) is 26.9 Å². The molecule has 0 saturated carbocycles. The maximum atomic E-state index is 13.0. The fourth-order valence-corrected chi connectivity index (χ4v) is 5.25. The molecule has 0 aliphatic carbocycles. The van der Waals surface area contributed by atoms with E-state index in [1.54, 1.807) is 42.7 Å². The highest BCUT2D eigenvalue weighted by Crippen LogP contribution is 2.32. The first-order chi connectivity index (χ1) is 23.4. The van der Waals surface area contributed by atoms with E-state index in [-0.39, 0.29) is 70.2 Å². The minimum Gasteiger partial charge on any atom is -0.506 e. The van der Waals surface area contributed by atoms with E-state index in [9.17, 15) is 24.3 Å². The summed E-state index contributed by atoms with van der Waals surface area (Å²) < 4.78 is 19.4. The van der Waals surface area contributed by atoms with E-state index in [2.05, 4.69) is 20.6 Å². The third-order valence-corrected chi connectivity index (χ3v) is 7.52. The first kappa shape index (κ1) is 32.1. The molecule has 16 nitrogen and oxygen atoms in total. The zero-order valence-corrected chi connectivity index (χ0v) is 26.4. The lowest BCUT2D eigenvalue weighted by Gasteiger charge is -2.11. The molecule has 7 N–H and O–H groups in total. The number of primary amides is 2. The standard InChI is InChI=1S/C33H30N8O8/c1-16-8-24(48-14-16)30(45)38-32-36-20-10-18(28(34)43)12-22(42)26(20)40(32)6-4-5-7-41-27-21(11-19(29(35)44)13-23(27)47-3)37-33(41)39-31(46)25-9-17(2)15-49-25/h4-5,8-15,42H,6-7H2,1-3H3,(H2,34,43)(H2,35,44)(H,36,38,45)(H,37,39,46)/b5-4+. The normalized spacial score (nSPS) is 11.4. The van der Waals surface area contributed by atoms with Crippen LogP contribution in [0.3, 0.4) is 0 Å². The average molecular weight is 667 g/mol. The Morgan fingerprint density at radius 3 is 1.69 bits per heavy atom. The molecular formula is C33H30N8O8. The minimum absolute atomic E-state index is 0.0319. The number of amides is 4. The highest BCUT2D eigenvalue weighted by molar-refractivity contribution is 6.05. The summed E-state index contributed by atoms with van der Waals surface area (Å²) in [6, 6.07) is 8.73. The summed E-state index contributed by atoms with van der Waals surface area (Å²) in [5, 5.41) is 16.3. The van der Waals surface area contributed by atoms with E-state index in [1.807, 2.05) is 0 Å². The number of rotatable bonds is 11. The molecule has 250 valence electrons. The third-order valence-electron chi connectivity index (χ3n) is 7.52. The van der Waals surface area contributed by atoms with Crippen molar-refractivity contribution in [2.75, 3.05) is 17.7 Å². The predicted molar refractivity (Wildman–Crippen MR) is 177 cm³/mol. The van der Waals surface area contributed by atoms with Gasteiger partial charge in [0.1, 0.15) is 22.5 Å². The number of nitrogens with zero attached hydrogens (tertiary/aromatic N) is 4. The van der Waals surface area contributed by atoms with E-state index < -0.39 is 23.6 Å². The Morgan fingerprint density at radius 1 is 0.776 bits per heavy atom. The number of aryl methyl sites for hydroxylation is 2. The van der Waals surface area contributed by atoms with E-state index in [0.29, 0.717) is 11.0 Å². The maximum Gasteiger partial charge on any atom is 0.293 e. The molecule has 0 radical (unpaired) electrons. The number of methoxy groups -OCH3 is 1. The summed E-state index contributed by atoms with van der Waals surface area (Å²) in [4.78, 5) is 58.9. The molecule has 2 aromatic carbocycles. The lowest BCUT2D eigenvalue weighted by molar-refractivity contribution is 0.0988. The van der Waals surface area contributed by atoms with Gasteiger partial charge in [0.2, 0.25) is 23.7 Å². The number of anilines is 2. The van der Waals surface area contributed by atoms with Crippen molar-refractivity contribution in [3.63, 3.8) is 0 Å². The first-order valence-electron chi connectivity index (χ1n) is 14.7. The summed E-state index contributed by atoms with van der Waals surface area (Å²) in [5.74, 6) is -2.26. The first-order valence-corrected chi connectivity index (χ1v) is 14.7. The summed E-state index contributed by atoms with van der Waals surface area (Å²) in [6.07, 6.45) is 6.35. The quantitative estimate of drug-likeness (QED) is 0.125. The number of nitrogens with one attached hydrogen (secondary N) is 2. The number of nitrogens with two attached hydrogens (primary N) is 2. The number of carbonyl (C=O) groups is 4. The third kappa shape index (κ3) is 6.29. The van der Waals surface area contributed by atoms with Crippen LogP contribution in [-0.2, 0) is 13.1 Å². The van der Waals surface area contributed by atoms with Crippen molar-refractivity contribution >= 4 is 57.6 Å². The molecule has 0 fully saturated rings. The molecule has 0 atom stereocenters. The zero-order valence-electron chi connectivity index (χ0n) is 26.4. The van der Waals surface area contributed by atoms with Gasteiger partial charge in [0.15, 0.2) is 11.5 Å². The van der Waals surface area contributed by atoms with E-state index in [0.717, 1.165) is 11.1 Å². The van der Waals surface area contributed by atoms with Gasteiger partial charge in [-0.25, -0.2) is 9.97 Å². The molecule has 6 rings (SSSR count). The number of carbonyl (C=O) groups excluding carboxylic acids is 4. The number of phenols is 1. The molecule has 0 unspecified atom stereocenters. The van der Waals surface area contributed by atoms with E-state index in [1.165, 1.54) is 48.5 Å². The van der Waals surface area contributed by atoms with Gasteiger partial charge in [-0.2, -0.15) is 0 Å². The molecule has 49 heavy (non-hydrogen) atoms. The van der Waals surface area contributed by atoms with Crippen LogP contribution in [-0.4, -0.2) is 54.9 Å². The Kier molecular flexibility index (Phi) is 8.36. The Labute approximate surface area is 276 Å². The molecule has 0 saturated heterocycles. The molecule has 4 aromatic heterocycles. The molecular weight excluding hydrogens is 636 g/mol. The van der Waals surface area contributed by atoms with Crippen molar-refractivity contribution in [2.24, 2.45) is 11.5 Å². The Hall–Kier alpha value is -6.84. The van der Waals surface area contributed by atoms with Crippen LogP contribution < -0.4 is 26.8 Å². The number of imidazole rings is 2. The average Bonchev–Trinajstić information content (AvgIpc) is 3.84. The number of furan rings is 2. The van der Waals surface area contributed by atoms with Crippen molar-refractivity contribution in [1.29, 1.82) is 0 Å². The smallest absolute Gasteiger partial charge is 0.293 e. The number of aromatic hydroxyl groups is 1. The monoisotopic (exact) mass is 666 g/mol. The van der Waals surface area contributed by atoms with Crippen LogP contribution in [0.25, 0.3) is 22.1 Å². The van der Waals surface area contributed by atoms with Gasteiger partial charge < -0.3 is 39.3 Å². The number of aromatic nitrogens is 4. The van der Waals surface area contributed by atoms with Crippen molar-refractivity contribution in [1.82, 2.24) is 19.1 Å². The molecule has 0 bridgehead atoms. The molecule has 0 spiro atoms. The fourth-order valence-electron chi connectivity index (χ4n) is 5.25. The van der Waals surface area contributed by atoms with Crippen LogP contribution in [0.4, 0.5) is 11.9 Å². The van der Waals surface area contributed by atoms with Gasteiger partial charge >= 0.3 is 0 Å². The van der Waals surface area contributed by atoms with Gasteiger partial charge in [-0.3, -0.25) is 29.8 Å². The van der Waals surface area contributed by atoms with Gasteiger partial charge in [0.25, 0.3) is 11.8 Å². The van der Waals surface area contributed by atoms with Crippen molar-refractivity contribution < 1.29 is 37.9 Å². The van der Waals surface area contributed by atoms with Gasteiger partial charge in [-0.05, 0) is 61.4 Å². The van der Waals surface area contributed by atoms with Crippen LogP contribution >= 0.6 is 0 Å². The maximum absolute atomic E-state index is 13.0. The number of phenolic OH excluding ortho intramolecular Hbond substituents is 1. The van der Waals surface area contributed by atoms with Gasteiger partial charge in [-0.15, -0.1) is 0 Å². The molecule has 4 amide bonds. The molecule has 0 aliphatic heterocycles. The molecule has 4 heterocycles. The van der Waals surface area contributed by atoms with Gasteiger partial charge in [-0.1, -0.05) is 12.2 Å². The molecule has 0 aliphatic rings. The number of hydrogen-bond donors (Lipinski definition) is 5. The van der Waals surface area contributed by atoms with Crippen LogP contribution in [0, 0.1) is 13.8 Å². The summed E-state index contributed by atoms with van der Waals surface area (Å²) in [7, 11) is 1.43. The Balaban J connectivity index is 1.36. The number of allylic oxidation sites excluding steroid dienone is 2. The second-order valence-corrected chi connectivity index (χ2v) is 11.1. The zero-order chi connectivity index (χ0) is 35.0. The second kappa shape index (κ2) is 12.7. The number of benzene rings is 2. The summed E-state index contributed by atoms with van der Waals surface area (Å²) >= 11 is 0. The number of fused-ring (bicyclic) bond motifs is 2. The lowest BCUT2D eigenvalue weighted by atomic mass is 10.1. The Bertz CT molecular complexity index is 2320. The van der Waals surface area contributed by atoms with Crippen LogP contribution in [0.15, 0.2) is 69.9 Å². The van der Waals surface area contributed by atoms with Gasteiger partial charge in [0.05, 0.1) is 30.7 Å². The molecule has 6 aromatic rings. The van der Waals surface area contributed by atoms with Crippen molar-refractivity contribution in [3.05, 3.63) is 94.9 Å². The Morgan fingerprint density at radius 2 is 1.24 bits per heavy atom. The van der Waals surface area contributed by atoms with Gasteiger partial charge in [0, 0.05) is 24.2 Å². The molecule has 16 heteroatoms. The van der Waals surface area contributed by atoms with E-state index >= 15 is 0 Å². The van der Waals surface area contributed by atoms with Crippen molar-refractivity contribution in [3.8, 4) is 11.5 Å². The van der Waals surface area contributed by atoms with E-state index in [4.69, 9.17) is 25.0 Å². The highest BCUT2D eigenvalue weighted by atomic mass is 16.5. The number of hydrogen-bond acceptors (Lipinski definition) is 10. The SMILES string of the molecule is COc1cc(C(N)=O)cc2nc(NC(=O)c3cc(C)co3)n(C/C=C/Cn3c(NC(=O)c4cc(C)co4)nc4cc(C(N)=O)cc(O)c43)c12. The summed E-state index contributed by atoms with van der Waals surface area (Å²) in [6.45, 7) is 3.77. The lowest BCUT2D eigenvalue weighted by Crippen LogP contribution is -2.16. The fraction of sp³-hybridized carbons (Fsp3) is 0.152. The predicted octanol–water partition coefficient (Wildman–Crippen LogP) is 3.86. The number of ether oxygens (including phenoxy) is 1. The van der Waals surface area contributed by atoms with Crippen LogP contribution in [0.2, 0.25) is 0 Å². The largest absolute Gasteiger partial charge is 0.506 e.